The zero-order valence-corrected chi connectivity index (χ0v) is 24.7. The number of phosphoric acid groups is 1. The first kappa shape index (κ1) is 36.8. The molecule has 0 aliphatic carbocycles. The van der Waals surface area contributed by atoms with E-state index in [0.717, 1.165) is 0 Å². The molecule has 0 fully saturated rings. The van der Waals surface area contributed by atoms with Crippen LogP contribution in [0.2, 0.25) is 0 Å². The Hall–Kier alpha value is 1.40. The molecular weight excluding hydrogens is 428 g/mol. The summed E-state index contributed by atoms with van der Waals surface area (Å²) in [4.78, 5) is 25.6. The molecule has 0 aliphatic heterocycles. The van der Waals surface area contributed by atoms with E-state index < -0.39 is 22.3 Å². The van der Waals surface area contributed by atoms with Gasteiger partial charge in [0.2, 0.25) is 0 Å². The molecule has 0 radical (unpaired) electrons. The van der Waals surface area contributed by atoms with E-state index >= 15 is 0 Å². The van der Waals surface area contributed by atoms with E-state index in [9.17, 15) is 0 Å². The minimum absolute atomic E-state index is 0.389. The summed E-state index contributed by atoms with van der Waals surface area (Å²) in [5.41, 5.74) is 0. The van der Waals surface area contributed by atoms with E-state index in [-0.39, 0.29) is 7.26 Å². The summed E-state index contributed by atoms with van der Waals surface area (Å²) in [5, 5.41) is 0. The lowest BCUT2D eigenvalue weighted by Gasteiger charge is -2.36. The topological polar surface area (TPSA) is 86.2 Å². The monoisotopic (exact) mass is 480 g/mol. The summed E-state index contributed by atoms with van der Waals surface area (Å²) in [7, 11) is -6.62. The van der Waals surface area contributed by atoms with Gasteiger partial charge in [-0.25, -0.2) is 0 Å². The maximum absolute atomic E-state index is 8.55. The Morgan fingerprint density at radius 2 is 0.571 bits per heavy atom. The predicted octanol–water partition coefficient (Wildman–Crippen LogP) is 4.87. The maximum Gasteiger partial charge on any atom is 0.0565 e. The Morgan fingerprint density at radius 3 is 0.571 bits per heavy atom. The van der Waals surface area contributed by atoms with Gasteiger partial charge < -0.3 is 19.2 Å². The van der Waals surface area contributed by atoms with E-state index in [2.05, 4.69) is 82.0 Å². The summed E-state index contributed by atoms with van der Waals surface area (Å²) >= 11 is 0. The fraction of sp³-hybridized carbons (Fsp3) is 1.00. The van der Waals surface area contributed by atoms with Gasteiger partial charge >= 0.3 is 0 Å². The highest BCUT2D eigenvalue weighted by Crippen LogP contribution is 2.57. The van der Waals surface area contributed by atoms with Crippen molar-refractivity contribution in [1.82, 2.24) is 0 Å². The van der Waals surface area contributed by atoms with Crippen LogP contribution < -0.4 is 14.7 Å². The summed E-state index contributed by atoms with van der Waals surface area (Å²) in [6, 6.07) is 0. The first-order chi connectivity index (χ1) is 12.5. The first-order valence-corrected chi connectivity index (χ1v) is 20.8. The molecule has 0 aromatic rings. The van der Waals surface area contributed by atoms with Crippen molar-refractivity contribution in [2.24, 2.45) is 0 Å². The lowest BCUT2D eigenvalue weighted by molar-refractivity contribution is -0.432. The van der Waals surface area contributed by atoms with Crippen molar-refractivity contribution < 1.29 is 19.2 Å². The normalized spacial score (nSPS) is 12.0. The van der Waals surface area contributed by atoms with E-state index in [1.807, 2.05) is 0 Å². The van der Waals surface area contributed by atoms with E-state index in [1.165, 1.54) is 49.3 Å². The van der Waals surface area contributed by atoms with E-state index in [4.69, 9.17) is 19.2 Å². The minimum atomic E-state index is -5.39. The van der Waals surface area contributed by atoms with Crippen LogP contribution in [-0.2, 0) is 4.57 Å². The lowest BCUT2D eigenvalue weighted by Crippen LogP contribution is -2.24. The smallest absolute Gasteiger partial charge is 0.0565 e. The number of hydrogen-bond acceptors (Lipinski definition) is 4. The molecule has 0 unspecified atom stereocenters. The third-order valence-corrected chi connectivity index (χ3v) is 16.1. The van der Waals surface area contributed by atoms with Crippen molar-refractivity contribution >= 4 is 29.6 Å². The van der Waals surface area contributed by atoms with Crippen LogP contribution in [0.15, 0.2) is 0 Å². The SMILES string of the molecule is CC[P+](CC)(CC)CC.CC[P+](CC)(CC)CC.C[P+](C)(C)C.O=P([O-])([O-])[O-]. The van der Waals surface area contributed by atoms with Crippen LogP contribution in [0.5, 0.6) is 0 Å². The molecule has 28 heavy (non-hydrogen) atoms. The van der Waals surface area contributed by atoms with Crippen LogP contribution in [-0.4, -0.2) is 76.0 Å². The lowest BCUT2D eigenvalue weighted by atomic mass is 10.9. The van der Waals surface area contributed by atoms with Gasteiger partial charge in [-0.3, -0.25) is 0 Å². The molecule has 0 saturated carbocycles. The molecule has 4 nitrogen and oxygen atoms in total. The van der Waals surface area contributed by atoms with Gasteiger partial charge in [0.05, 0.1) is 49.3 Å². The molecule has 0 atom stereocenters. The Kier molecular flexibility index (Phi) is 25.1. The van der Waals surface area contributed by atoms with Crippen molar-refractivity contribution in [2.75, 3.05) is 76.0 Å². The Morgan fingerprint density at radius 1 is 0.500 bits per heavy atom. The fourth-order valence-corrected chi connectivity index (χ4v) is 8.05. The van der Waals surface area contributed by atoms with Gasteiger partial charge in [0.25, 0.3) is 0 Å². The molecule has 0 rings (SSSR count). The molecule has 0 spiro atoms. The second-order valence-electron chi connectivity index (χ2n) is 8.34. The van der Waals surface area contributed by atoms with Crippen molar-refractivity contribution in [3.8, 4) is 0 Å². The van der Waals surface area contributed by atoms with Gasteiger partial charge in [-0.2, -0.15) is 7.82 Å². The largest absolute Gasteiger partial charge is 0.822 e. The Balaban J connectivity index is -0.000000143. The fourth-order valence-electron chi connectivity index (χ4n) is 2.68. The molecule has 8 heteroatoms. The predicted molar refractivity (Wildman–Crippen MR) is 136 cm³/mol. The van der Waals surface area contributed by atoms with Gasteiger partial charge in [0.1, 0.15) is 0 Å². The molecule has 0 amide bonds. The average molecular weight is 481 g/mol. The summed E-state index contributed by atoms with van der Waals surface area (Å²) in [6.07, 6.45) is 11.6. The van der Waals surface area contributed by atoms with Crippen LogP contribution in [0.1, 0.15) is 55.4 Å². The van der Waals surface area contributed by atoms with Crippen molar-refractivity contribution in [3.05, 3.63) is 0 Å². The molecule has 0 bridgehead atoms. The van der Waals surface area contributed by atoms with Gasteiger partial charge in [-0.05, 0) is 55.4 Å². The standard InChI is InChI=1S/2C8H20P.C4H12P.H3O4P/c2*1-5-9(6-2,7-3)8-4;2*1-5(2,3)4/h2*5-8H2,1-4H3;1-4H3;(H3,1,2,3,4)/q3*+1;/p-3. The second-order valence-corrected chi connectivity index (χ2v) is 25.0. The molecule has 0 saturated heterocycles. The third-order valence-electron chi connectivity index (χ3n) is 5.37. The average Bonchev–Trinajstić information content (AvgIpc) is 2.58. The summed E-state index contributed by atoms with van der Waals surface area (Å²) in [6.45, 7) is 28.0. The van der Waals surface area contributed by atoms with E-state index in [0.29, 0.717) is 0 Å². The molecule has 0 N–H and O–H groups in total. The quantitative estimate of drug-likeness (QED) is 0.464. The molecule has 176 valence electrons. The van der Waals surface area contributed by atoms with Crippen LogP contribution in [0.3, 0.4) is 0 Å². The van der Waals surface area contributed by atoms with Crippen LogP contribution in [0.25, 0.3) is 0 Å². The van der Waals surface area contributed by atoms with Crippen LogP contribution >= 0.6 is 29.6 Å². The van der Waals surface area contributed by atoms with Gasteiger partial charge in [0, 0.05) is 48.4 Å². The summed E-state index contributed by atoms with van der Waals surface area (Å²) < 4.78 is 8.55. The Bertz CT molecular complexity index is 302. The number of hydrogen-bond donors (Lipinski definition) is 0. The molecular formula is C20H52O4P4. The Labute approximate surface area is 180 Å². The van der Waals surface area contributed by atoms with Crippen LogP contribution in [0.4, 0.5) is 0 Å². The third kappa shape index (κ3) is 29.6. The maximum atomic E-state index is 8.55. The van der Waals surface area contributed by atoms with Crippen molar-refractivity contribution in [1.29, 1.82) is 0 Å². The molecule has 0 aromatic carbocycles. The molecule has 0 heterocycles. The molecule has 0 aliphatic rings. The second kappa shape index (κ2) is 19.1. The van der Waals surface area contributed by atoms with Crippen LogP contribution in [0, 0.1) is 0 Å². The number of rotatable bonds is 8. The molecule has 0 aromatic heterocycles. The van der Waals surface area contributed by atoms with Gasteiger partial charge in [0.15, 0.2) is 0 Å². The summed E-state index contributed by atoms with van der Waals surface area (Å²) in [5.74, 6) is 0. The highest BCUT2D eigenvalue weighted by atomic mass is 31.2. The highest BCUT2D eigenvalue weighted by molar-refractivity contribution is 7.76. The van der Waals surface area contributed by atoms with E-state index in [1.54, 1.807) is 0 Å². The highest BCUT2D eigenvalue weighted by Gasteiger charge is 2.28. The van der Waals surface area contributed by atoms with Gasteiger partial charge in [-0.1, -0.05) is 0 Å². The zero-order valence-electron chi connectivity index (χ0n) is 21.1. The van der Waals surface area contributed by atoms with Crippen molar-refractivity contribution in [2.45, 2.75) is 55.4 Å². The first-order valence-electron chi connectivity index (χ1n) is 10.7. The van der Waals surface area contributed by atoms with Gasteiger partial charge in [-0.15, -0.1) is 0 Å². The minimum Gasteiger partial charge on any atom is -0.822 e. The van der Waals surface area contributed by atoms with Crippen molar-refractivity contribution in [3.63, 3.8) is 0 Å². The zero-order chi connectivity index (χ0) is 23.7.